The molecule has 0 atom stereocenters. The zero-order chi connectivity index (χ0) is 16.2. The van der Waals surface area contributed by atoms with E-state index in [1.165, 1.54) is 0 Å². The van der Waals surface area contributed by atoms with Crippen molar-refractivity contribution >= 4 is 22.6 Å². The molecule has 0 spiro atoms. The molecule has 1 heterocycles. The first-order valence-corrected chi connectivity index (χ1v) is 7.53. The van der Waals surface area contributed by atoms with E-state index in [1.807, 2.05) is 49.4 Å². The lowest BCUT2D eigenvalue weighted by molar-refractivity contribution is -0.116. The van der Waals surface area contributed by atoms with E-state index in [-0.39, 0.29) is 5.91 Å². The zero-order valence-electron chi connectivity index (χ0n) is 13.2. The van der Waals surface area contributed by atoms with Gasteiger partial charge in [0.2, 0.25) is 5.91 Å². The first-order valence-electron chi connectivity index (χ1n) is 7.53. The van der Waals surface area contributed by atoms with E-state index in [9.17, 15) is 4.79 Å². The topological polar surface area (TPSA) is 67.0 Å². The number of aromatic amines is 1. The van der Waals surface area contributed by atoms with E-state index < -0.39 is 0 Å². The number of H-pyrrole nitrogens is 1. The number of methoxy groups -OCH3 is 1. The van der Waals surface area contributed by atoms with Gasteiger partial charge in [-0.05, 0) is 49.2 Å². The molecular weight excluding hydrogens is 290 g/mol. The fourth-order valence-electron chi connectivity index (χ4n) is 2.52. The van der Waals surface area contributed by atoms with E-state index in [0.29, 0.717) is 12.8 Å². The van der Waals surface area contributed by atoms with E-state index in [4.69, 9.17) is 4.74 Å². The molecule has 1 aromatic heterocycles. The number of carbonyl (C=O) groups is 1. The Balaban J connectivity index is 1.61. The third kappa shape index (κ3) is 3.69. The van der Waals surface area contributed by atoms with Gasteiger partial charge in [-0.2, -0.15) is 0 Å². The molecule has 0 radical (unpaired) electrons. The number of aromatic nitrogens is 2. The van der Waals surface area contributed by atoms with Gasteiger partial charge < -0.3 is 15.0 Å². The molecule has 0 fully saturated rings. The molecule has 5 nitrogen and oxygen atoms in total. The van der Waals surface area contributed by atoms with Crippen LogP contribution in [-0.2, 0) is 11.2 Å². The molecule has 0 aliphatic rings. The fourth-order valence-corrected chi connectivity index (χ4v) is 2.52. The molecule has 2 N–H and O–H groups in total. The van der Waals surface area contributed by atoms with Crippen LogP contribution >= 0.6 is 0 Å². The summed E-state index contributed by atoms with van der Waals surface area (Å²) in [6.07, 6.45) is 1.10. The number of benzene rings is 2. The molecule has 0 aliphatic carbocycles. The minimum Gasteiger partial charge on any atom is -0.497 e. The minimum absolute atomic E-state index is 0.0107. The fraction of sp³-hybridized carbons (Fsp3) is 0.222. The average molecular weight is 309 g/mol. The molecule has 0 bridgehead atoms. The second-order valence-corrected chi connectivity index (χ2v) is 5.45. The van der Waals surface area contributed by atoms with Crippen LogP contribution in [0.1, 0.15) is 17.8 Å². The largest absolute Gasteiger partial charge is 0.497 e. The predicted octanol–water partition coefficient (Wildman–Crippen LogP) is 3.45. The maximum atomic E-state index is 12.1. The summed E-state index contributed by atoms with van der Waals surface area (Å²) >= 11 is 0. The lowest BCUT2D eigenvalue weighted by Gasteiger charge is -2.06. The highest BCUT2D eigenvalue weighted by Crippen LogP contribution is 2.18. The van der Waals surface area contributed by atoms with Crippen LogP contribution in [0.3, 0.4) is 0 Å². The van der Waals surface area contributed by atoms with E-state index in [1.54, 1.807) is 7.11 Å². The Kier molecular flexibility index (Phi) is 4.28. The van der Waals surface area contributed by atoms with Crippen LogP contribution in [-0.4, -0.2) is 23.0 Å². The highest BCUT2D eigenvalue weighted by atomic mass is 16.5. The van der Waals surface area contributed by atoms with E-state index in [2.05, 4.69) is 15.3 Å². The first kappa shape index (κ1) is 15.1. The number of amides is 1. The second kappa shape index (κ2) is 6.52. The quantitative estimate of drug-likeness (QED) is 0.758. The Morgan fingerprint density at radius 3 is 2.96 bits per heavy atom. The summed E-state index contributed by atoms with van der Waals surface area (Å²) in [4.78, 5) is 19.6. The van der Waals surface area contributed by atoms with Crippen molar-refractivity contribution < 1.29 is 9.53 Å². The van der Waals surface area contributed by atoms with Crippen LogP contribution < -0.4 is 10.1 Å². The van der Waals surface area contributed by atoms with Crippen LogP contribution in [0.25, 0.3) is 11.0 Å². The lowest BCUT2D eigenvalue weighted by Crippen LogP contribution is -2.12. The van der Waals surface area contributed by atoms with Gasteiger partial charge in [-0.15, -0.1) is 0 Å². The Morgan fingerprint density at radius 2 is 2.13 bits per heavy atom. The summed E-state index contributed by atoms with van der Waals surface area (Å²) < 4.78 is 5.19. The van der Waals surface area contributed by atoms with Gasteiger partial charge in [0.15, 0.2) is 0 Å². The van der Waals surface area contributed by atoms with Gasteiger partial charge in [-0.25, -0.2) is 4.98 Å². The zero-order valence-corrected chi connectivity index (χ0v) is 13.2. The number of aryl methyl sites for hydroxylation is 2. The molecule has 2 aromatic carbocycles. The van der Waals surface area contributed by atoms with Crippen molar-refractivity contribution in [1.29, 1.82) is 0 Å². The lowest BCUT2D eigenvalue weighted by atomic mass is 10.1. The minimum atomic E-state index is -0.0107. The van der Waals surface area contributed by atoms with Gasteiger partial charge in [-0.1, -0.05) is 12.1 Å². The molecule has 0 unspecified atom stereocenters. The van der Waals surface area contributed by atoms with Crippen LogP contribution in [0.4, 0.5) is 5.69 Å². The van der Waals surface area contributed by atoms with Gasteiger partial charge in [-0.3, -0.25) is 4.79 Å². The summed E-state index contributed by atoms with van der Waals surface area (Å²) in [6.45, 7) is 1.91. The highest BCUT2D eigenvalue weighted by Gasteiger charge is 2.06. The monoisotopic (exact) mass is 309 g/mol. The maximum absolute atomic E-state index is 12.1. The number of nitrogens with one attached hydrogen (secondary N) is 2. The van der Waals surface area contributed by atoms with Crippen molar-refractivity contribution in [3.8, 4) is 5.75 Å². The molecule has 0 aliphatic heterocycles. The number of nitrogens with zero attached hydrogens (tertiary/aromatic N) is 1. The molecule has 23 heavy (non-hydrogen) atoms. The van der Waals surface area contributed by atoms with E-state index in [0.717, 1.165) is 33.9 Å². The van der Waals surface area contributed by atoms with Crippen LogP contribution in [0.15, 0.2) is 42.5 Å². The molecule has 3 rings (SSSR count). The smallest absolute Gasteiger partial charge is 0.224 e. The van der Waals surface area contributed by atoms with E-state index >= 15 is 0 Å². The summed E-state index contributed by atoms with van der Waals surface area (Å²) in [6, 6.07) is 13.4. The third-order valence-corrected chi connectivity index (χ3v) is 3.66. The summed E-state index contributed by atoms with van der Waals surface area (Å²) in [7, 11) is 1.64. The summed E-state index contributed by atoms with van der Waals surface area (Å²) in [5.41, 5.74) is 3.68. The van der Waals surface area contributed by atoms with Gasteiger partial charge in [0.1, 0.15) is 11.6 Å². The third-order valence-electron chi connectivity index (χ3n) is 3.66. The number of hydrogen-bond acceptors (Lipinski definition) is 3. The van der Waals surface area contributed by atoms with Crippen molar-refractivity contribution in [2.45, 2.75) is 19.8 Å². The number of imidazole rings is 1. The summed E-state index contributed by atoms with van der Waals surface area (Å²) in [5, 5.41) is 2.92. The van der Waals surface area contributed by atoms with Crippen molar-refractivity contribution in [2.24, 2.45) is 0 Å². The Morgan fingerprint density at radius 1 is 1.26 bits per heavy atom. The second-order valence-electron chi connectivity index (χ2n) is 5.45. The number of carbonyl (C=O) groups excluding carboxylic acids is 1. The van der Waals surface area contributed by atoms with Gasteiger partial charge in [0, 0.05) is 12.1 Å². The van der Waals surface area contributed by atoms with Gasteiger partial charge in [0.25, 0.3) is 0 Å². The van der Waals surface area contributed by atoms with Crippen molar-refractivity contribution in [3.05, 3.63) is 53.9 Å². The highest BCUT2D eigenvalue weighted by molar-refractivity contribution is 5.93. The van der Waals surface area contributed by atoms with Crippen molar-refractivity contribution in [3.63, 3.8) is 0 Å². The van der Waals surface area contributed by atoms with Crippen molar-refractivity contribution in [1.82, 2.24) is 9.97 Å². The molecule has 0 saturated carbocycles. The Hall–Kier alpha value is -2.82. The first-order chi connectivity index (χ1) is 11.1. The molecule has 0 saturated heterocycles. The van der Waals surface area contributed by atoms with Gasteiger partial charge in [0.05, 0.1) is 18.1 Å². The average Bonchev–Trinajstić information content (AvgIpc) is 2.92. The normalized spacial score (nSPS) is 10.7. The molecule has 3 aromatic rings. The maximum Gasteiger partial charge on any atom is 0.224 e. The standard InChI is InChI=1S/C18H19N3O2/c1-12-19-16-8-7-14(11-17(16)20-12)21-18(22)9-6-13-4-3-5-15(10-13)23-2/h3-5,7-8,10-11H,6,9H2,1-2H3,(H,19,20)(H,21,22). The summed E-state index contributed by atoms with van der Waals surface area (Å²) in [5.74, 6) is 1.66. The number of rotatable bonds is 5. The number of fused-ring (bicyclic) bond motifs is 1. The van der Waals surface area contributed by atoms with Crippen LogP contribution in [0, 0.1) is 6.92 Å². The van der Waals surface area contributed by atoms with Crippen LogP contribution in [0.5, 0.6) is 5.75 Å². The number of anilines is 1. The molecule has 1 amide bonds. The SMILES string of the molecule is COc1cccc(CCC(=O)Nc2ccc3nc(C)[nH]c3c2)c1. The predicted molar refractivity (Wildman–Crippen MR) is 90.8 cm³/mol. The Bertz CT molecular complexity index is 839. The van der Waals surface area contributed by atoms with Crippen molar-refractivity contribution in [2.75, 3.05) is 12.4 Å². The molecule has 5 heteroatoms. The number of ether oxygens (including phenoxy) is 1. The molecule has 118 valence electrons. The van der Waals surface area contributed by atoms with Gasteiger partial charge >= 0.3 is 0 Å². The van der Waals surface area contributed by atoms with Crippen LogP contribution in [0.2, 0.25) is 0 Å². The Labute approximate surface area is 134 Å². The molecular formula is C18H19N3O2. The number of hydrogen-bond donors (Lipinski definition) is 2.